The molecule has 1 saturated heterocycles. The first kappa shape index (κ1) is 11.9. The molecule has 2 fully saturated rings. The summed E-state index contributed by atoms with van der Waals surface area (Å²) in [6.45, 7) is 4.70. The molecule has 4 nitrogen and oxygen atoms in total. The van der Waals surface area contributed by atoms with Gasteiger partial charge >= 0.3 is 29.6 Å². The Labute approximate surface area is 101 Å². The summed E-state index contributed by atoms with van der Waals surface area (Å²) in [5.74, 6) is 0.422. The molecule has 1 heterocycles. The van der Waals surface area contributed by atoms with Crippen molar-refractivity contribution < 1.29 is 42.5 Å². The van der Waals surface area contributed by atoms with E-state index in [2.05, 4.69) is 5.32 Å². The minimum absolute atomic E-state index is 0. The van der Waals surface area contributed by atoms with Gasteiger partial charge in [0.05, 0.1) is 0 Å². The minimum atomic E-state index is -4.14. The summed E-state index contributed by atoms with van der Waals surface area (Å²) in [4.78, 5) is 0. The van der Waals surface area contributed by atoms with E-state index in [1.54, 1.807) is 0 Å². The minimum Gasteiger partial charge on any atom is -0.747 e. The van der Waals surface area contributed by atoms with Crippen molar-refractivity contribution in [3.05, 3.63) is 0 Å². The maximum atomic E-state index is 10.7. The van der Waals surface area contributed by atoms with Crippen molar-refractivity contribution in [1.82, 2.24) is 5.32 Å². The Bertz CT molecular complexity index is 314. The summed E-state index contributed by atoms with van der Waals surface area (Å²) in [7, 11) is -4.14. The van der Waals surface area contributed by atoms with Crippen molar-refractivity contribution in [3.8, 4) is 0 Å². The summed E-state index contributed by atoms with van der Waals surface area (Å²) in [5.41, 5.74) is 0.0490. The van der Waals surface area contributed by atoms with Gasteiger partial charge in [0.2, 0.25) is 0 Å². The molecule has 0 bridgehead atoms. The van der Waals surface area contributed by atoms with Crippen LogP contribution in [-0.4, -0.2) is 24.9 Å². The fourth-order valence-corrected chi connectivity index (χ4v) is 3.63. The predicted molar refractivity (Wildman–Crippen MR) is 42.2 cm³/mol. The Hall–Kier alpha value is 0.870. The van der Waals surface area contributed by atoms with E-state index in [9.17, 15) is 13.0 Å². The summed E-state index contributed by atoms with van der Waals surface area (Å²) >= 11 is 0. The Morgan fingerprint density at radius 3 is 2.23 bits per heavy atom. The molecule has 1 aliphatic heterocycles. The summed E-state index contributed by atoms with van der Waals surface area (Å²) in [5, 5.41) is 1.92. The standard InChI is InChI=1S/C7H13NO3S.Na/c1-7(2)4-3-8-6(5(4)7)12(9,10)11;/h4-6,8H,3H2,1-2H3,(H,9,10,11);/q;+1/p-1/t4-,5-,6-;/m0./s1. The van der Waals surface area contributed by atoms with Gasteiger partial charge in [-0.1, -0.05) is 13.8 Å². The monoisotopic (exact) mass is 213 g/mol. The van der Waals surface area contributed by atoms with Crippen LogP contribution in [0, 0.1) is 17.3 Å². The van der Waals surface area contributed by atoms with Crippen LogP contribution in [0.1, 0.15) is 13.8 Å². The first-order chi connectivity index (χ1) is 5.35. The second-order valence-electron chi connectivity index (χ2n) is 4.28. The van der Waals surface area contributed by atoms with Crippen LogP contribution in [0.4, 0.5) is 0 Å². The quantitative estimate of drug-likeness (QED) is 0.367. The third-order valence-electron chi connectivity index (χ3n) is 3.32. The van der Waals surface area contributed by atoms with Gasteiger partial charge in [-0.15, -0.1) is 0 Å². The van der Waals surface area contributed by atoms with Crippen LogP contribution in [0.15, 0.2) is 0 Å². The van der Waals surface area contributed by atoms with Gasteiger partial charge < -0.3 is 9.87 Å². The molecule has 0 aromatic heterocycles. The second-order valence-corrected chi connectivity index (χ2v) is 5.77. The van der Waals surface area contributed by atoms with Crippen molar-refractivity contribution in [2.24, 2.45) is 17.3 Å². The third kappa shape index (κ3) is 1.70. The maximum absolute atomic E-state index is 10.7. The number of fused-ring (bicyclic) bond motifs is 1. The van der Waals surface area contributed by atoms with E-state index in [1.807, 2.05) is 13.8 Å². The fourth-order valence-electron chi connectivity index (χ4n) is 2.43. The largest absolute Gasteiger partial charge is 1.00 e. The average molecular weight is 213 g/mol. The van der Waals surface area contributed by atoms with Crippen molar-refractivity contribution in [2.75, 3.05) is 6.54 Å². The SMILES string of the molecule is CC1(C)[C@@H]2[C@H](S(=O)(=O)[O-])NC[C@@H]21.[Na+]. The number of hydrogen-bond donors (Lipinski definition) is 1. The van der Waals surface area contributed by atoms with Crippen LogP contribution in [0.5, 0.6) is 0 Å². The van der Waals surface area contributed by atoms with Crippen LogP contribution >= 0.6 is 0 Å². The molecule has 1 aliphatic carbocycles. The molecule has 0 radical (unpaired) electrons. The normalized spacial score (nSPS) is 40.7. The zero-order valence-electron chi connectivity index (χ0n) is 8.07. The van der Waals surface area contributed by atoms with Crippen LogP contribution in [-0.2, 0) is 10.1 Å². The van der Waals surface area contributed by atoms with E-state index in [0.29, 0.717) is 12.5 Å². The predicted octanol–water partition coefficient (Wildman–Crippen LogP) is -3.26. The molecular weight excluding hydrogens is 201 g/mol. The Balaban J connectivity index is 0.000000845. The molecule has 6 heteroatoms. The zero-order valence-corrected chi connectivity index (χ0v) is 10.9. The molecule has 0 amide bonds. The van der Waals surface area contributed by atoms with Gasteiger partial charge in [-0.05, 0) is 17.3 Å². The molecule has 0 aromatic carbocycles. The van der Waals surface area contributed by atoms with Gasteiger partial charge in [-0.25, -0.2) is 8.42 Å². The van der Waals surface area contributed by atoms with Crippen molar-refractivity contribution in [2.45, 2.75) is 19.2 Å². The van der Waals surface area contributed by atoms with Gasteiger partial charge in [-0.2, -0.15) is 0 Å². The van der Waals surface area contributed by atoms with Crippen LogP contribution in [0.3, 0.4) is 0 Å². The topological polar surface area (TPSA) is 69.2 Å². The van der Waals surface area contributed by atoms with E-state index in [4.69, 9.17) is 0 Å². The average Bonchev–Trinajstić information content (AvgIpc) is 2.34. The molecule has 3 atom stereocenters. The molecule has 1 N–H and O–H groups in total. The van der Waals surface area contributed by atoms with Gasteiger partial charge in [-0.3, -0.25) is 0 Å². The Kier molecular flexibility index (Phi) is 2.92. The van der Waals surface area contributed by atoms with Crippen molar-refractivity contribution >= 4 is 10.1 Å². The summed E-state index contributed by atoms with van der Waals surface area (Å²) in [6.07, 6.45) is 0. The molecule has 70 valence electrons. The van der Waals surface area contributed by atoms with Gasteiger partial charge in [0.25, 0.3) is 0 Å². The van der Waals surface area contributed by atoms with E-state index >= 15 is 0 Å². The number of rotatable bonds is 1. The van der Waals surface area contributed by atoms with Crippen LogP contribution in [0.25, 0.3) is 0 Å². The van der Waals surface area contributed by atoms with Crippen molar-refractivity contribution in [1.29, 1.82) is 0 Å². The van der Waals surface area contributed by atoms with Gasteiger partial charge in [0.1, 0.15) is 15.5 Å². The van der Waals surface area contributed by atoms with E-state index in [1.165, 1.54) is 0 Å². The smallest absolute Gasteiger partial charge is 0.747 e. The van der Waals surface area contributed by atoms with Crippen molar-refractivity contribution in [3.63, 3.8) is 0 Å². The molecule has 2 aliphatic rings. The number of nitrogens with one attached hydrogen (secondary N) is 1. The van der Waals surface area contributed by atoms with E-state index < -0.39 is 15.5 Å². The summed E-state index contributed by atoms with van der Waals surface area (Å²) < 4.78 is 32.2. The van der Waals surface area contributed by atoms with Gasteiger partial charge in [0.15, 0.2) is 0 Å². The number of piperidine rings is 1. The first-order valence-electron chi connectivity index (χ1n) is 4.03. The Morgan fingerprint density at radius 2 is 2.00 bits per heavy atom. The molecular formula is C7H12NNaO3S. The zero-order chi connectivity index (χ0) is 9.15. The maximum Gasteiger partial charge on any atom is 1.00 e. The molecule has 13 heavy (non-hydrogen) atoms. The van der Waals surface area contributed by atoms with Crippen LogP contribution < -0.4 is 34.9 Å². The molecule has 2 rings (SSSR count). The second kappa shape index (κ2) is 3.18. The third-order valence-corrected chi connectivity index (χ3v) is 4.40. The molecule has 0 unspecified atom stereocenters. The number of hydrogen-bond acceptors (Lipinski definition) is 4. The molecule has 1 saturated carbocycles. The van der Waals surface area contributed by atoms with Gasteiger partial charge in [0, 0.05) is 6.54 Å². The summed E-state index contributed by atoms with van der Waals surface area (Å²) in [6, 6.07) is 0. The first-order valence-corrected chi connectivity index (χ1v) is 5.50. The molecule has 0 aromatic rings. The fraction of sp³-hybridized carbons (Fsp3) is 1.00. The van der Waals surface area contributed by atoms with E-state index in [0.717, 1.165) is 0 Å². The van der Waals surface area contributed by atoms with E-state index in [-0.39, 0.29) is 40.9 Å². The Morgan fingerprint density at radius 1 is 1.46 bits per heavy atom. The van der Waals surface area contributed by atoms with Crippen LogP contribution in [0.2, 0.25) is 0 Å². The molecule has 0 spiro atoms.